The number of hydrogen-bond donors (Lipinski definition) is 1. The summed E-state index contributed by atoms with van der Waals surface area (Å²) in [5.74, 6) is 0. The fraction of sp³-hybridized carbons (Fsp3) is 0.435. The second kappa shape index (κ2) is 9.22. The van der Waals surface area contributed by atoms with Crippen molar-refractivity contribution in [1.29, 1.82) is 0 Å². The number of nitrogens with zero attached hydrogens (tertiary/aromatic N) is 4. The van der Waals surface area contributed by atoms with E-state index in [4.69, 9.17) is 0 Å². The van der Waals surface area contributed by atoms with Crippen LogP contribution in [0.15, 0.2) is 47.4 Å². The van der Waals surface area contributed by atoms with Crippen LogP contribution in [0.4, 0.5) is 0 Å². The summed E-state index contributed by atoms with van der Waals surface area (Å²) >= 11 is 1.75. The molecule has 3 heterocycles. The van der Waals surface area contributed by atoms with Crippen molar-refractivity contribution in [2.45, 2.75) is 39.4 Å². The quantitative estimate of drug-likeness (QED) is 0.646. The smallest absolute Gasteiger partial charge is 0.0695 e. The molecule has 6 heteroatoms. The van der Waals surface area contributed by atoms with Crippen LogP contribution in [0.3, 0.4) is 0 Å². The summed E-state index contributed by atoms with van der Waals surface area (Å²) in [4.78, 5) is 5.07. The number of aliphatic hydroxyl groups is 1. The Morgan fingerprint density at radius 1 is 1.21 bits per heavy atom. The third kappa shape index (κ3) is 4.78. The second-order valence-electron chi connectivity index (χ2n) is 8.03. The van der Waals surface area contributed by atoms with Crippen molar-refractivity contribution in [3.8, 4) is 5.69 Å². The minimum atomic E-state index is 0.237. The molecular weight excluding hydrogens is 380 g/mol. The van der Waals surface area contributed by atoms with E-state index in [1.165, 1.54) is 27.9 Å². The molecule has 1 N–H and O–H groups in total. The predicted octanol–water partition coefficient (Wildman–Crippen LogP) is 3.62. The molecule has 5 nitrogen and oxygen atoms in total. The van der Waals surface area contributed by atoms with Gasteiger partial charge >= 0.3 is 0 Å². The Morgan fingerprint density at radius 2 is 2.10 bits per heavy atom. The first-order valence-corrected chi connectivity index (χ1v) is 11.3. The maximum atomic E-state index is 9.63. The Kier molecular flexibility index (Phi) is 6.45. The molecule has 1 aliphatic heterocycles. The molecule has 2 aromatic heterocycles. The van der Waals surface area contributed by atoms with E-state index in [-0.39, 0.29) is 6.61 Å². The SMILES string of the molecule is Cc1cc(C)c(CN2CCN(Cc3ccsc3)[C@H](CCO)C2)c(-n2cccn2)c1. The summed E-state index contributed by atoms with van der Waals surface area (Å²) in [7, 11) is 0. The van der Waals surface area contributed by atoms with Gasteiger partial charge in [0.05, 0.1) is 5.69 Å². The van der Waals surface area contributed by atoms with Gasteiger partial charge in [-0.1, -0.05) is 6.07 Å². The monoisotopic (exact) mass is 410 g/mol. The summed E-state index contributed by atoms with van der Waals surface area (Å²) in [6.45, 7) is 9.52. The average molecular weight is 411 g/mol. The molecule has 1 atom stereocenters. The number of hydrogen-bond acceptors (Lipinski definition) is 5. The van der Waals surface area contributed by atoms with Gasteiger partial charge in [0.2, 0.25) is 0 Å². The van der Waals surface area contributed by atoms with Gasteiger partial charge in [0.15, 0.2) is 0 Å². The van der Waals surface area contributed by atoms with Crippen molar-refractivity contribution in [2.75, 3.05) is 26.2 Å². The molecule has 1 aromatic carbocycles. The van der Waals surface area contributed by atoms with Crippen LogP contribution in [-0.4, -0.2) is 57.0 Å². The van der Waals surface area contributed by atoms with Gasteiger partial charge in [-0.2, -0.15) is 16.4 Å². The van der Waals surface area contributed by atoms with Gasteiger partial charge in [-0.3, -0.25) is 9.80 Å². The predicted molar refractivity (Wildman–Crippen MR) is 119 cm³/mol. The van der Waals surface area contributed by atoms with Gasteiger partial charge in [0.25, 0.3) is 0 Å². The van der Waals surface area contributed by atoms with Gasteiger partial charge in [0.1, 0.15) is 0 Å². The number of aryl methyl sites for hydroxylation is 2. The van der Waals surface area contributed by atoms with Crippen molar-refractivity contribution >= 4 is 11.3 Å². The molecule has 0 radical (unpaired) electrons. The van der Waals surface area contributed by atoms with Crippen LogP contribution in [0, 0.1) is 13.8 Å². The lowest BCUT2D eigenvalue weighted by molar-refractivity contribution is 0.0499. The third-order valence-corrected chi connectivity index (χ3v) is 6.58. The number of thiophene rings is 1. The van der Waals surface area contributed by atoms with E-state index >= 15 is 0 Å². The number of piperazine rings is 1. The van der Waals surface area contributed by atoms with Gasteiger partial charge in [-0.15, -0.1) is 0 Å². The Bertz CT molecular complexity index is 907. The molecule has 0 bridgehead atoms. The van der Waals surface area contributed by atoms with Crippen molar-refractivity contribution in [1.82, 2.24) is 19.6 Å². The van der Waals surface area contributed by atoms with Crippen LogP contribution in [-0.2, 0) is 13.1 Å². The number of rotatable bonds is 7. The number of benzene rings is 1. The summed E-state index contributed by atoms with van der Waals surface area (Å²) in [5, 5.41) is 18.5. The molecule has 154 valence electrons. The number of aromatic nitrogens is 2. The number of aliphatic hydroxyl groups excluding tert-OH is 1. The van der Waals surface area contributed by atoms with Crippen molar-refractivity contribution in [2.24, 2.45) is 0 Å². The van der Waals surface area contributed by atoms with E-state index < -0.39 is 0 Å². The molecule has 4 rings (SSSR count). The first-order chi connectivity index (χ1) is 14.1. The molecule has 0 saturated carbocycles. The second-order valence-corrected chi connectivity index (χ2v) is 8.81. The van der Waals surface area contributed by atoms with Crippen molar-refractivity contribution in [3.05, 3.63) is 69.7 Å². The Morgan fingerprint density at radius 3 is 2.83 bits per heavy atom. The highest BCUT2D eigenvalue weighted by molar-refractivity contribution is 7.07. The lowest BCUT2D eigenvalue weighted by Crippen LogP contribution is -2.52. The molecule has 1 fully saturated rings. The maximum Gasteiger partial charge on any atom is 0.0695 e. The Hall–Kier alpha value is -1.99. The Balaban J connectivity index is 1.52. The fourth-order valence-electron chi connectivity index (χ4n) is 4.37. The molecular formula is C23H30N4OS. The average Bonchev–Trinajstić information content (AvgIpc) is 3.40. The standard InChI is InChI=1S/C23H30N4OS/c1-18-12-19(2)22(23(13-18)27-7-3-6-24-27)16-25-8-9-26(21(15-25)4-10-28)14-20-5-11-29-17-20/h3,5-7,11-13,17,21,28H,4,8-10,14-16H2,1-2H3/t21-/m1/s1. The Labute approximate surface area is 177 Å². The van der Waals surface area contributed by atoms with Crippen LogP contribution in [0.25, 0.3) is 5.69 Å². The zero-order valence-electron chi connectivity index (χ0n) is 17.3. The van der Waals surface area contributed by atoms with Gasteiger partial charge in [-0.25, -0.2) is 4.68 Å². The molecule has 3 aromatic rings. The summed E-state index contributed by atoms with van der Waals surface area (Å²) in [6, 6.07) is 9.06. The summed E-state index contributed by atoms with van der Waals surface area (Å²) < 4.78 is 1.98. The third-order valence-electron chi connectivity index (χ3n) is 5.84. The molecule has 0 spiro atoms. The molecule has 0 unspecified atom stereocenters. The van der Waals surface area contributed by atoms with E-state index in [1.54, 1.807) is 11.3 Å². The highest BCUT2D eigenvalue weighted by Crippen LogP contribution is 2.25. The zero-order valence-corrected chi connectivity index (χ0v) is 18.1. The first kappa shape index (κ1) is 20.3. The van der Waals surface area contributed by atoms with Crippen LogP contribution < -0.4 is 0 Å². The van der Waals surface area contributed by atoms with Gasteiger partial charge < -0.3 is 5.11 Å². The molecule has 1 saturated heterocycles. The maximum absolute atomic E-state index is 9.63. The molecule has 0 amide bonds. The van der Waals surface area contributed by atoms with E-state index in [0.29, 0.717) is 6.04 Å². The van der Waals surface area contributed by atoms with E-state index in [9.17, 15) is 5.11 Å². The van der Waals surface area contributed by atoms with E-state index in [0.717, 1.165) is 39.1 Å². The van der Waals surface area contributed by atoms with Crippen molar-refractivity contribution < 1.29 is 5.11 Å². The van der Waals surface area contributed by atoms with Crippen LogP contribution >= 0.6 is 11.3 Å². The zero-order chi connectivity index (χ0) is 20.2. The lowest BCUT2D eigenvalue weighted by Gasteiger charge is -2.41. The minimum Gasteiger partial charge on any atom is -0.396 e. The highest BCUT2D eigenvalue weighted by atomic mass is 32.1. The van der Waals surface area contributed by atoms with E-state index in [1.807, 2.05) is 23.1 Å². The largest absolute Gasteiger partial charge is 0.396 e. The van der Waals surface area contributed by atoms with Gasteiger partial charge in [-0.05, 0) is 71.5 Å². The molecule has 29 heavy (non-hydrogen) atoms. The lowest BCUT2D eigenvalue weighted by atomic mass is 10.0. The first-order valence-electron chi connectivity index (χ1n) is 10.3. The van der Waals surface area contributed by atoms with Crippen LogP contribution in [0.5, 0.6) is 0 Å². The van der Waals surface area contributed by atoms with Crippen molar-refractivity contribution in [3.63, 3.8) is 0 Å². The molecule has 0 aliphatic carbocycles. The fourth-order valence-corrected chi connectivity index (χ4v) is 5.03. The van der Waals surface area contributed by atoms with Gasteiger partial charge in [0, 0.05) is 57.8 Å². The topological polar surface area (TPSA) is 44.5 Å². The normalized spacial score (nSPS) is 18.4. The minimum absolute atomic E-state index is 0.237. The highest BCUT2D eigenvalue weighted by Gasteiger charge is 2.27. The van der Waals surface area contributed by atoms with Crippen LogP contribution in [0.2, 0.25) is 0 Å². The van der Waals surface area contributed by atoms with Crippen LogP contribution in [0.1, 0.15) is 28.7 Å². The summed E-state index contributed by atoms with van der Waals surface area (Å²) in [5.41, 5.74) is 6.47. The molecule has 1 aliphatic rings. The van der Waals surface area contributed by atoms with E-state index in [2.05, 4.69) is 57.7 Å². The summed E-state index contributed by atoms with van der Waals surface area (Å²) in [6.07, 6.45) is 4.67.